The summed E-state index contributed by atoms with van der Waals surface area (Å²) in [4.78, 5) is 19.6. The largest absolute Gasteiger partial charge is 0.293 e. The van der Waals surface area contributed by atoms with E-state index < -0.39 is 0 Å². The summed E-state index contributed by atoms with van der Waals surface area (Å²) >= 11 is 3.43. The number of ketones is 1. The van der Waals surface area contributed by atoms with Crippen LogP contribution in [0.1, 0.15) is 17.4 Å². The van der Waals surface area contributed by atoms with Crippen LogP contribution in [-0.2, 0) is 0 Å². The summed E-state index contributed by atoms with van der Waals surface area (Å²) < 4.78 is 0.913. The molecule has 2 aromatic rings. The maximum atomic E-state index is 11.2. The average molecular weight is 277 g/mol. The lowest BCUT2D eigenvalue weighted by atomic mass is 10.2. The molecule has 0 spiro atoms. The number of benzene rings is 1. The Morgan fingerprint density at radius 2 is 2.00 bits per heavy atom. The van der Waals surface area contributed by atoms with Crippen molar-refractivity contribution in [2.45, 2.75) is 6.92 Å². The van der Waals surface area contributed by atoms with Gasteiger partial charge in [-0.2, -0.15) is 0 Å². The quantitative estimate of drug-likeness (QED) is 0.792. The summed E-state index contributed by atoms with van der Waals surface area (Å²) in [6, 6.07) is 9.26. The molecule has 16 heavy (non-hydrogen) atoms. The van der Waals surface area contributed by atoms with E-state index in [1.807, 2.05) is 24.3 Å². The third-order valence-electron chi connectivity index (χ3n) is 2.13. The van der Waals surface area contributed by atoms with Crippen LogP contribution in [0.15, 0.2) is 41.0 Å². The first-order valence-electron chi connectivity index (χ1n) is 4.77. The van der Waals surface area contributed by atoms with Crippen molar-refractivity contribution in [3.63, 3.8) is 0 Å². The van der Waals surface area contributed by atoms with Gasteiger partial charge < -0.3 is 0 Å². The third-order valence-corrected chi connectivity index (χ3v) is 2.82. The molecule has 0 atom stereocenters. The Bertz CT molecular complexity index is 540. The van der Waals surface area contributed by atoms with Crippen LogP contribution in [0.3, 0.4) is 0 Å². The number of nitrogens with zero attached hydrogens (tertiary/aromatic N) is 2. The van der Waals surface area contributed by atoms with Crippen molar-refractivity contribution < 1.29 is 4.79 Å². The van der Waals surface area contributed by atoms with Crippen LogP contribution >= 0.6 is 15.9 Å². The van der Waals surface area contributed by atoms with Crippen molar-refractivity contribution in [3.05, 3.63) is 46.7 Å². The fourth-order valence-corrected chi connectivity index (χ4v) is 1.79. The summed E-state index contributed by atoms with van der Waals surface area (Å²) in [6.45, 7) is 1.49. The minimum absolute atomic E-state index is 0.0595. The SMILES string of the molecule is CC(=O)c1ccnc(-c2ccccc2Br)n1. The molecule has 0 bridgehead atoms. The Morgan fingerprint density at radius 3 is 2.69 bits per heavy atom. The van der Waals surface area contributed by atoms with Crippen molar-refractivity contribution in [2.75, 3.05) is 0 Å². The molecule has 0 fully saturated rings. The molecule has 0 radical (unpaired) electrons. The lowest BCUT2D eigenvalue weighted by Crippen LogP contribution is -1.99. The predicted molar refractivity (Wildman–Crippen MR) is 65.2 cm³/mol. The molecule has 2 rings (SSSR count). The topological polar surface area (TPSA) is 42.9 Å². The van der Waals surface area contributed by atoms with E-state index in [0.717, 1.165) is 10.0 Å². The van der Waals surface area contributed by atoms with Gasteiger partial charge in [-0.05, 0) is 12.1 Å². The van der Waals surface area contributed by atoms with Crippen LogP contribution in [0, 0.1) is 0 Å². The summed E-state index contributed by atoms with van der Waals surface area (Å²) in [5, 5.41) is 0. The Morgan fingerprint density at radius 1 is 1.25 bits per heavy atom. The van der Waals surface area contributed by atoms with Crippen LogP contribution in [0.25, 0.3) is 11.4 Å². The maximum Gasteiger partial charge on any atom is 0.178 e. The number of hydrogen-bond acceptors (Lipinski definition) is 3. The summed E-state index contributed by atoms with van der Waals surface area (Å²) in [5.41, 5.74) is 1.31. The third kappa shape index (κ3) is 2.17. The van der Waals surface area contributed by atoms with Gasteiger partial charge in [0.2, 0.25) is 0 Å². The molecular formula is C12H9BrN2O. The number of halogens is 1. The molecule has 1 aromatic carbocycles. The Kier molecular flexibility index (Phi) is 3.10. The number of Topliss-reactive ketones (excluding diaryl/α,β-unsaturated/α-hetero) is 1. The highest BCUT2D eigenvalue weighted by molar-refractivity contribution is 9.10. The number of aromatic nitrogens is 2. The number of carbonyl (C=O) groups excluding carboxylic acids is 1. The lowest BCUT2D eigenvalue weighted by molar-refractivity contribution is 0.101. The van der Waals surface area contributed by atoms with Gasteiger partial charge in [0, 0.05) is 23.2 Å². The van der Waals surface area contributed by atoms with Crippen LogP contribution in [0.5, 0.6) is 0 Å². The van der Waals surface area contributed by atoms with E-state index in [-0.39, 0.29) is 5.78 Å². The average Bonchev–Trinajstić information content (AvgIpc) is 2.30. The second-order valence-electron chi connectivity index (χ2n) is 3.30. The smallest absolute Gasteiger partial charge is 0.178 e. The summed E-state index contributed by atoms with van der Waals surface area (Å²) in [5.74, 6) is 0.496. The molecule has 3 nitrogen and oxygen atoms in total. The van der Waals surface area contributed by atoms with E-state index in [0.29, 0.717) is 11.5 Å². The van der Waals surface area contributed by atoms with Crippen molar-refractivity contribution in [1.29, 1.82) is 0 Å². The number of hydrogen-bond donors (Lipinski definition) is 0. The molecular weight excluding hydrogens is 268 g/mol. The van der Waals surface area contributed by atoms with Gasteiger partial charge in [-0.3, -0.25) is 4.79 Å². The summed E-state index contributed by atoms with van der Waals surface area (Å²) in [6.07, 6.45) is 1.60. The van der Waals surface area contributed by atoms with Gasteiger partial charge in [-0.25, -0.2) is 9.97 Å². The van der Waals surface area contributed by atoms with Crippen LogP contribution in [-0.4, -0.2) is 15.8 Å². The number of rotatable bonds is 2. The normalized spacial score (nSPS) is 10.1. The van der Waals surface area contributed by atoms with E-state index in [1.165, 1.54) is 6.92 Å². The molecule has 0 amide bonds. The zero-order valence-electron chi connectivity index (χ0n) is 8.64. The fourth-order valence-electron chi connectivity index (χ4n) is 1.33. The van der Waals surface area contributed by atoms with Crippen LogP contribution < -0.4 is 0 Å². The van der Waals surface area contributed by atoms with Crippen molar-refractivity contribution >= 4 is 21.7 Å². The van der Waals surface area contributed by atoms with Gasteiger partial charge in [0.05, 0.1) is 0 Å². The van der Waals surface area contributed by atoms with Gasteiger partial charge in [-0.15, -0.1) is 0 Å². The monoisotopic (exact) mass is 276 g/mol. The lowest BCUT2D eigenvalue weighted by Gasteiger charge is -2.03. The molecule has 0 N–H and O–H groups in total. The molecule has 0 saturated carbocycles. The first-order chi connectivity index (χ1) is 7.68. The molecule has 0 aliphatic heterocycles. The molecule has 1 aromatic heterocycles. The first-order valence-corrected chi connectivity index (χ1v) is 5.56. The number of carbonyl (C=O) groups is 1. The van der Waals surface area contributed by atoms with Crippen molar-refractivity contribution in [1.82, 2.24) is 9.97 Å². The highest BCUT2D eigenvalue weighted by Gasteiger charge is 2.07. The van der Waals surface area contributed by atoms with E-state index in [9.17, 15) is 4.79 Å². The minimum atomic E-state index is -0.0595. The molecule has 0 saturated heterocycles. The van der Waals surface area contributed by atoms with Gasteiger partial charge in [0.25, 0.3) is 0 Å². The van der Waals surface area contributed by atoms with Crippen molar-refractivity contribution in [2.24, 2.45) is 0 Å². The standard InChI is InChI=1S/C12H9BrN2O/c1-8(16)11-6-7-14-12(15-11)9-4-2-3-5-10(9)13/h2-7H,1H3. The highest BCUT2D eigenvalue weighted by Crippen LogP contribution is 2.24. The van der Waals surface area contributed by atoms with E-state index in [4.69, 9.17) is 0 Å². The second-order valence-corrected chi connectivity index (χ2v) is 4.16. The highest BCUT2D eigenvalue weighted by atomic mass is 79.9. The Balaban J connectivity index is 2.53. The Hall–Kier alpha value is -1.55. The van der Waals surface area contributed by atoms with E-state index in [1.54, 1.807) is 12.3 Å². The predicted octanol–water partition coefficient (Wildman–Crippen LogP) is 3.11. The maximum absolute atomic E-state index is 11.2. The fraction of sp³-hybridized carbons (Fsp3) is 0.0833. The van der Waals surface area contributed by atoms with Crippen LogP contribution in [0.2, 0.25) is 0 Å². The molecule has 1 heterocycles. The summed E-state index contributed by atoms with van der Waals surface area (Å²) in [7, 11) is 0. The molecule has 0 unspecified atom stereocenters. The van der Waals surface area contributed by atoms with E-state index >= 15 is 0 Å². The van der Waals surface area contributed by atoms with Gasteiger partial charge in [-0.1, -0.05) is 34.1 Å². The molecule has 0 aliphatic rings. The molecule has 0 aliphatic carbocycles. The van der Waals surface area contributed by atoms with E-state index in [2.05, 4.69) is 25.9 Å². The molecule has 80 valence electrons. The van der Waals surface area contributed by atoms with Crippen molar-refractivity contribution in [3.8, 4) is 11.4 Å². The first kappa shape index (κ1) is 11.0. The zero-order chi connectivity index (χ0) is 11.5. The van der Waals surface area contributed by atoms with Gasteiger partial charge in [0.1, 0.15) is 5.69 Å². The minimum Gasteiger partial charge on any atom is -0.293 e. The van der Waals surface area contributed by atoms with Gasteiger partial charge >= 0.3 is 0 Å². The Labute approximate surface area is 102 Å². The van der Waals surface area contributed by atoms with Gasteiger partial charge in [0.15, 0.2) is 11.6 Å². The molecule has 4 heteroatoms. The second kappa shape index (κ2) is 4.53. The van der Waals surface area contributed by atoms with Crippen LogP contribution in [0.4, 0.5) is 0 Å². The zero-order valence-corrected chi connectivity index (χ0v) is 10.2.